The average molecular weight is 338 g/mol. The zero-order chi connectivity index (χ0) is 13.2. The standard InChI is InChI=1S/C13H15BrCl2O/c1-13(2,3)12(17)10(14)7-8-6-9(15)4-5-11(8)16/h4-6,10H,7H2,1-3H3. The molecule has 17 heavy (non-hydrogen) atoms. The van der Waals surface area contributed by atoms with E-state index in [2.05, 4.69) is 15.9 Å². The minimum atomic E-state index is -0.362. The van der Waals surface area contributed by atoms with Crippen LogP contribution in [0, 0.1) is 5.41 Å². The van der Waals surface area contributed by atoms with Crippen LogP contribution >= 0.6 is 39.1 Å². The molecule has 0 N–H and O–H groups in total. The molecule has 0 radical (unpaired) electrons. The number of rotatable bonds is 3. The SMILES string of the molecule is CC(C)(C)C(=O)C(Br)Cc1cc(Cl)ccc1Cl. The van der Waals surface area contributed by atoms with Crippen LogP contribution in [0.5, 0.6) is 0 Å². The Bertz CT molecular complexity index is 424. The fraction of sp³-hybridized carbons (Fsp3) is 0.462. The van der Waals surface area contributed by atoms with E-state index >= 15 is 0 Å². The Morgan fingerprint density at radius 1 is 1.35 bits per heavy atom. The quantitative estimate of drug-likeness (QED) is 0.716. The van der Waals surface area contributed by atoms with E-state index in [1.807, 2.05) is 20.8 Å². The van der Waals surface area contributed by atoms with Crippen LogP contribution in [0.15, 0.2) is 18.2 Å². The number of hydrogen-bond donors (Lipinski definition) is 0. The first kappa shape index (κ1) is 15.0. The lowest BCUT2D eigenvalue weighted by molar-refractivity contribution is -0.125. The predicted octanol–water partition coefficient (Wildman–Crippen LogP) is 4.91. The van der Waals surface area contributed by atoms with Crippen LogP contribution in [0.1, 0.15) is 26.3 Å². The van der Waals surface area contributed by atoms with Gasteiger partial charge in [-0.15, -0.1) is 0 Å². The van der Waals surface area contributed by atoms with Crippen molar-refractivity contribution in [3.8, 4) is 0 Å². The highest BCUT2D eigenvalue weighted by atomic mass is 79.9. The highest BCUT2D eigenvalue weighted by molar-refractivity contribution is 9.10. The Hall–Kier alpha value is -0.0500. The van der Waals surface area contributed by atoms with Gasteiger partial charge in [0.2, 0.25) is 0 Å². The Kier molecular flexibility index (Phi) is 5.06. The Labute approximate surface area is 121 Å². The molecule has 0 aliphatic rings. The van der Waals surface area contributed by atoms with Crippen LogP contribution in [0.3, 0.4) is 0 Å². The molecule has 1 unspecified atom stereocenters. The first-order valence-electron chi connectivity index (χ1n) is 5.34. The van der Waals surface area contributed by atoms with Crippen LogP contribution in [0.2, 0.25) is 10.0 Å². The Balaban J connectivity index is 2.85. The van der Waals surface area contributed by atoms with E-state index in [1.165, 1.54) is 0 Å². The molecule has 1 aromatic carbocycles. The number of hydrogen-bond acceptors (Lipinski definition) is 1. The molecule has 1 nitrogen and oxygen atoms in total. The maximum absolute atomic E-state index is 12.0. The van der Waals surface area contributed by atoms with E-state index in [4.69, 9.17) is 23.2 Å². The summed E-state index contributed by atoms with van der Waals surface area (Å²) in [7, 11) is 0. The summed E-state index contributed by atoms with van der Waals surface area (Å²) >= 11 is 15.4. The van der Waals surface area contributed by atoms with Gasteiger partial charge in [-0.1, -0.05) is 59.9 Å². The topological polar surface area (TPSA) is 17.1 Å². The Morgan fingerprint density at radius 2 is 1.94 bits per heavy atom. The molecule has 0 saturated heterocycles. The molecule has 0 spiro atoms. The summed E-state index contributed by atoms with van der Waals surface area (Å²) in [5.41, 5.74) is 0.526. The predicted molar refractivity (Wildman–Crippen MR) is 77.3 cm³/mol. The van der Waals surface area contributed by atoms with Crippen molar-refractivity contribution in [1.82, 2.24) is 0 Å². The molecule has 0 heterocycles. The minimum absolute atomic E-state index is 0.161. The van der Waals surface area contributed by atoms with E-state index in [1.54, 1.807) is 18.2 Å². The van der Waals surface area contributed by atoms with Crippen LogP contribution in [0.4, 0.5) is 0 Å². The van der Waals surface area contributed by atoms with Gasteiger partial charge in [0.05, 0.1) is 4.83 Å². The zero-order valence-corrected chi connectivity index (χ0v) is 13.2. The van der Waals surface area contributed by atoms with Gasteiger partial charge in [-0.2, -0.15) is 0 Å². The molecule has 1 rings (SSSR count). The number of carbonyl (C=O) groups is 1. The minimum Gasteiger partial charge on any atom is -0.298 e. The summed E-state index contributed by atoms with van der Waals surface area (Å²) in [4.78, 5) is 11.8. The fourth-order valence-corrected chi connectivity index (χ4v) is 2.88. The molecule has 94 valence electrons. The van der Waals surface area contributed by atoms with Crippen LogP contribution in [0.25, 0.3) is 0 Å². The van der Waals surface area contributed by atoms with Gasteiger partial charge in [-0.3, -0.25) is 4.79 Å². The number of alkyl halides is 1. The summed E-state index contributed by atoms with van der Waals surface area (Å²) in [5, 5.41) is 1.27. The van der Waals surface area contributed by atoms with E-state index < -0.39 is 0 Å². The van der Waals surface area contributed by atoms with Gasteiger partial charge in [0.1, 0.15) is 0 Å². The molecular weight excluding hydrogens is 323 g/mol. The van der Waals surface area contributed by atoms with Gasteiger partial charge in [-0.25, -0.2) is 0 Å². The maximum Gasteiger partial charge on any atom is 0.152 e. The third-order valence-corrected chi connectivity index (χ3v) is 3.77. The van der Waals surface area contributed by atoms with Crippen molar-refractivity contribution in [2.24, 2.45) is 5.41 Å². The van der Waals surface area contributed by atoms with Crippen molar-refractivity contribution in [1.29, 1.82) is 0 Å². The highest BCUT2D eigenvalue weighted by Crippen LogP contribution is 2.27. The molecule has 0 fully saturated rings. The second kappa shape index (κ2) is 5.73. The van der Waals surface area contributed by atoms with Crippen LogP contribution in [-0.2, 0) is 11.2 Å². The second-order valence-corrected chi connectivity index (χ2v) is 6.97. The summed E-state index contributed by atoms with van der Waals surface area (Å²) in [6.45, 7) is 5.72. The number of Topliss-reactive ketones (excluding diaryl/α,β-unsaturated/α-hetero) is 1. The van der Waals surface area contributed by atoms with Gasteiger partial charge in [0.15, 0.2) is 5.78 Å². The van der Waals surface area contributed by atoms with Crippen LogP contribution in [-0.4, -0.2) is 10.6 Å². The van der Waals surface area contributed by atoms with Crippen molar-refractivity contribution in [3.63, 3.8) is 0 Å². The summed E-state index contributed by atoms with van der Waals surface area (Å²) in [5.74, 6) is 0.161. The average Bonchev–Trinajstić information content (AvgIpc) is 2.21. The van der Waals surface area contributed by atoms with E-state index in [0.29, 0.717) is 16.5 Å². The third kappa shape index (κ3) is 4.27. The second-order valence-electron chi connectivity index (χ2n) is 5.02. The molecule has 0 amide bonds. The molecule has 1 aromatic rings. The summed E-state index contributed by atoms with van der Waals surface area (Å²) in [6, 6.07) is 5.29. The number of benzene rings is 1. The van der Waals surface area contributed by atoms with E-state index in [9.17, 15) is 4.79 Å². The molecule has 0 aliphatic heterocycles. The van der Waals surface area contributed by atoms with Crippen LogP contribution < -0.4 is 0 Å². The van der Waals surface area contributed by atoms with E-state index in [0.717, 1.165) is 5.56 Å². The van der Waals surface area contributed by atoms with Gasteiger partial charge in [0.25, 0.3) is 0 Å². The molecule has 1 atom stereocenters. The summed E-state index contributed by atoms with van der Waals surface area (Å²) < 4.78 is 0. The molecule has 0 aromatic heterocycles. The van der Waals surface area contributed by atoms with Gasteiger partial charge in [0, 0.05) is 15.5 Å². The normalized spacial score (nSPS) is 13.5. The van der Waals surface area contributed by atoms with Crippen molar-refractivity contribution in [2.45, 2.75) is 32.0 Å². The van der Waals surface area contributed by atoms with Crippen molar-refractivity contribution in [2.75, 3.05) is 0 Å². The summed E-state index contributed by atoms with van der Waals surface area (Å²) in [6.07, 6.45) is 0.551. The van der Waals surface area contributed by atoms with Crippen molar-refractivity contribution in [3.05, 3.63) is 33.8 Å². The van der Waals surface area contributed by atoms with Gasteiger partial charge < -0.3 is 0 Å². The lowest BCUT2D eigenvalue weighted by Crippen LogP contribution is -2.30. The molecular formula is C13H15BrCl2O. The Morgan fingerprint density at radius 3 is 2.47 bits per heavy atom. The monoisotopic (exact) mass is 336 g/mol. The first-order valence-corrected chi connectivity index (χ1v) is 7.01. The first-order chi connectivity index (χ1) is 7.71. The lowest BCUT2D eigenvalue weighted by Gasteiger charge is -2.21. The fourth-order valence-electron chi connectivity index (χ4n) is 1.46. The number of carbonyl (C=O) groups excluding carboxylic acids is 1. The van der Waals surface area contributed by atoms with E-state index in [-0.39, 0.29) is 16.0 Å². The van der Waals surface area contributed by atoms with Gasteiger partial charge in [-0.05, 0) is 30.2 Å². The highest BCUT2D eigenvalue weighted by Gasteiger charge is 2.28. The maximum atomic E-state index is 12.0. The molecule has 0 aliphatic carbocycles. The third-order valence-electron chi connectivity index (χ3n) is 2.43. The van der Waals surface area contributed by atoms with Crippen molar-refractivity contribution >= 4 is 44.9 Å². The largest absolute Gasteiger partial charge is 0.298 e. The zero-order valence-electron chi connectivity index (χ0n) is 10.1. The van der Waals surface area contributed by atoms with Gasteiger partial charge >= 0.3 is 0 Å². The number of halogens is 3. The van der Waals surface area contributed by atoms with Crippen molar-refractivity contribution < 1.29 is 4.79 Å². The number of ketones is 1. The molecule has 4 heteroatoms. The lowest BCUT2D eigenvalue weighted by atomic mass is 9.87. The molecule has 0 saturated carbocycles. The smallest absolute Gasteiger partial charge is 0.152 e. The molecule has 0 bridgehead atoms.